The molecule has 0 spiro atoms. The third-order valence-electron chi connectivity index (χ3n) is 4.40. The van der Waals surface area contributed by atoms with Crippen molar-refractivity contribution in [1.82, 2.24) is 19.3 Å². The molecule has 10 heteroatoms. The largest absolute Gasteiger partial charge is 0.369 e. The number of rotatable bonds is 5. The third kappa shape index (κ3) is 4.38. The second-order valence-electron chi connectivity index (χ2n) is 6.32. The molecule has 0 amide bonds. The molecule has 8 nitrogen and oxygen atoms in total. The number of aromatic nitrogens is 3. The van der Waals surface area contributed by atoms with Crippen molar-refractivity contribution in [2.45, 2.75) is 11.0 Å². The summed E-state index contributed by atoms with van der Waals surface area (Å²) in [6, 6.07) is 11.8. The van der Waals surface area contributed by atoms with E-state index in [9.17, 15) is 8.42 Å². The van der Waals surface area contributed by atoms with E-state index in [-0.39, 0.29) is 29.6 Å². The Kier molecular flexibility index (Phi) is 5.72. The maximum Gasteiger partial charge on any atom is 0.244 e. The van der Waals surface area contributed by atoms with E-state index in [0.29, 0.717) is 17.3 Å². The summed E-state index contributed by atoms with van der Waals surface area (Å²) >= 11 is 6.11. The number of anilines is 2. The van der Waals surface area contributed by atoms with Gasteiger partial charge in [-0.2, -0.15) is 4.31 Å². The molecule has 1 aromatic carbocycles. The normalized spacial score (nSPS) is 17.8. The van der Waals surface area contributed by atoms with Gasteiger partial charge in [0.15, 0.2) is 0 Å². The van der Waals surface area contributed by atoms with Crippen LogP contribution in [0, 0.1) is 0 Å². The molecule has 29 heavy (non-hydrogen) atoms. The lowest BCUT2D eigenvalue weighted by Gasteiger charge is -2.32. The van der Waals surface area contributed by atoms with Crippen LogP contribution in [0.25, 0.3) is 0 Å². The summed E-state index contributed by atoms with van der Waals surface area (Å²) in [4.78, 5) is 12.8. The Balaban J connectivity index is 1.54. The van der Waals surface area contributed by atoms with Crippen LogP contribution >= 0.6 is 11.6 Å². The first-order chi connectivity index (χ1) is 14.0. The van der Waals surface area contributed by atoms with Crippen molar-refractivity contribution in [3.05, 3.63) is 71.8 Å². The van der Waals surface area contributed by atoms with Gasteiger partial charge in [0.05, 0.1) is 23.5 Å². The van der Waals surface area contributed by atoms with Crippen molar-refractivity contribution in [3.8, 4) is 0 Å². The van der Waals surface area contributed by atoms with Gasteiger partial charge in [-0.1, -0.05) is 29.8 Å². The van der Waals surface area contributed by atoms with E-state index in [1.165, 1.54) is 10.4 Å². The van der Waals surface area contributed by atoms with Gasteiger partial charge >= 0.3 is 0 Å². The van der Waals surface area contributed by atoms with Crippen LogP contribution in [-0.4, -0.2) is 47.4 Å². The smallest absolute Gasteiger partial charge is 0.244 e. The van der Waals surface area contributed by atoms with Gasteiger partial charge in [0, 0.05) is 25.5 Å². The Hall–Kier alpha value is -2.59. The monoisotopic (exact) mass is 431 g/mol. The minimum absolute atomic E-state index is 0.0911. The fourth-order valence-electron chi connectivity index (χ4n) is 3.01. The fraction of sp³-hybridized carbons (Fsp3) is 0.211. The number of halogens is 1. The van der Waals surface area contributed by atoms with Gasteiger partial charge < -0.3 is 10.1 Å². The van der Waals surface area contributed by atoms with E-state index >= 15 is 0 Å². The number of ether oxygens (including phenoxy) is 1. The van der Waals surface area contributed by atoms with Crippen LogP contribution in [0.4, 0.5) is 11.6 Å². The Morgan fingerprint density at radius 3 is 2.76 bits per heavy atom. The molecule has 1 fully saturated rings. The highest BCUT2D eigenvalue weighted by atomic mass is 35.5. The molecule has 0 radical (unpaired) electrons. The summed E-state index contributed by atoms with van der Waals surface area (Å²) in [5.41, 5.74) is 0.623. The molecule has 4 rings (SSSR count). The number of sulfonamides is 1. The highest BCUT2D eigenvalue weighted by Gasteiger charge is 2.33. The molecule has 1 aliphatic heterocycles. The van der Waals surface area contributed by atoms with Crippen LogP contribution < -0.4 is 5.32 Å². The SMILES string of the molecule is O=S(=O)(c1ccccc1Cl)N1CCOC(c2cccc(Nc3cnccn3)n2)C1. The first-order valence-electron chi connectivity index (χ1n) is 8.90. The van der Waals surface area contributed by atoms with Gasteiger partial charge in [0.2, 0.25) is 10.0 Å². The summed E-state index contributed by atoms with van der Waals surface area (Å²) < 4.78 is 33.2. The van der Waals surface area contributed by atoms with E-state index in [1.807, 2.05) is 6.07 Å². The number of benzene rings is 1. The number of nitrogens with one attached hydrogen (secondary N) is 1. The van der Waals surface area contributed by atoms with Gasteiger partial charge in [-0.05, 0) is 24.3 Å². The maximum absolute atomic E-state index is 13.0. The molecular formula is C19H18ClN5O3S. The van der Waals surface area contributed by atoms with Crippen LogP contribution in [-0.2, 0) is 14.8 Å². The quantitative estimate of drug-likeness (QED) is 0.663. The van der Waals surface area contributed by atoms with Crippen molar-refractivity contribution in [2.75, 3.05) is 25.0 Å². The first kappa shape index (κ1) is 19.7. The van der Waals surface area contributed by atoms with Gasteiger partial charge in [0.1, 0.15) is 22.6 Å². The van der Waals surface area contributed by atoms with Gasteiger partial charge in [-0.15, -0.1) is 0 Å². The van der Waals surface area contributed by atoms with Crippen molar-refractivity contribution in [1.29, 1.82) is 0 Å². The van der Waals surface area contributed by atoms with E-state index in [0.717, 1.165) is 0 Å². The van der Waals surface area contributed by atoms with Gasteiger partial charge in [0.25, 0.3) is 0 Å². The molecule has 1 N–H and O–H groups in total. The maximum atomic E-state index is 13.0. The second kappa shape index (κ2) is 8.42. The molecular weight excluding hydrogens is 414 g/mol. The fourth-order valence-corrected chi connectivity index (χ4v) is 4.93. The van der Waals surface area contributed by atoms with Crippen molar-refractivity contribution < 1.29 is 13.2 Å². The first-order valence-corrected chi connectivity index (χ1v) is 10.7. The molecule has 1 aliphatic rings. The summed E-state index contributed by atoms with van der Waals surface area (Å²) in [6.07, 6.45) is 4.25. The van der Waals surface area contributed by atoms with Crippen LogP contribution in [0.15, 0.2) is 66.0 Å². The molecule has 1 saturated heterocycles. The number of morpholine rings is 1. The van der Waals surface area contributed by atoms with Crippen LogP contribution in [0.3, 0.4) is 0 Å². The van der Waals surface area contributed by atoms with E-state index in [4.69, 9.17) is 16.3 Å². The molecule has 2 aromatic heterocycles. The Morgan fingerprint density at radius 2 is 1.97 bits per heavy atom. The van der Waals surface area contributed by atoms with Gasteiger partial charge in [-0.25, -0.2) is 18.4 Å². The third-order valence-corrected chi connectivity index (χ3v) is 6.77. The van der Waals surface area contributed by atoms with E-state index < -0.39 is 16.1 Å². The summed E-state index contributed by atoms with van der Waals surface area (Å²) in [7, 11) is -3.73. The minimum atomic E-state index is -3.73. The van der Waals surface area contributed by atoms with Crippen LogP contribution in [0.5, 0.6) is 0 Å². The standard InChI is InChI=1S/C19H18ClN5O3S/c20-14-4-1-2-6-17(14)29(26,27)25-10-11-28-16(13-25)15-5-3-7-18(23-15)24-19-12-21-8-9-22-19/h1-9,12,16H,10-11,13H2,(H,22,23,24). The molecule has 1 unspecified atom stereocenters. The van der Waals surface area contributed by atoms with Gasteiger partial charge in [-0.3, -0.25) is 4.98 Å². The lowest BCUT2D eigenvalue weighted by molar-refractivity contribution is -0.00486. The zero-order valence-electron chi connectivity index (χ0n) is 15.3. The molecule has 3 heterocycles. The summed E-state index contributed by atoms with van der Waals surface area (Å²) in [5.74, 6) is 1.13. The number of pyridine rings is 1. The second-order valence-corrected chi connectivity index (χ2v) is 8.63. The zero-order valence-corrected chi connectivity index (χ0v) is 16.8. The van der Waals surface area contributed by atoms with Crippen molar-refractivity contribution >= 4 is 33.3 Å². The molecule has 3 aromatic rings. The minimum Gasteiger partial charge on any atom is -0.369 e. The highest BCUT2D eigenvalue weighted by molar-refractivity contribution is 7.89. The topological polar surface area (TPSA) is 97.3 Å². The number of hydrogen-bond acceptors (Lipinski definition) is 7. The number of hydrogen-bond donors (Lipinski definition) is 1. The zero-order chi connectivity index (χ0) is 20.3. The molecule has 1 atom stereocenters. The number of nitrogens with zero attached hydrogens (tertiary/aromatic N) is 4. The van der Waals surface area contributed by atoms with Crippen molar-refractivity contribution in [2.24, 2.45) is 0 Å². The average molecular weight is 432 g/mol. The molecule has 150 valence electrons. The van der Waals surface area contributed by atoms with Crippen molar-refractivity contribution in [3.63, 3.8) is 0 Å². The summed E-state index contributed by atoms with van der Waals surface area (Å²) in [6.45, 7) is 0.661. The highest BCUT2D eigenvalue weighted by Crippen LogP contribution is 2.29. The van der Waals surface area contributed by atoms with Crippen LogP contribution in [0.1, 0.15) is 11.8 Å². The molecule has 0 aliphatic carbocycles. The Labute approximate surface area is 173 Å². The molecule has 0 bridgehead atoms. The average Bonchev–Trinajstić information content (AvgIpc) is 2.75. The van der Waals surface area contributed by atoms with E-state index in [2.05, 4.69) is 20.3 Å². The Morgan fingerprint density at radius 1 is 1.10 bits per heavy atom. The lowest BCUT2D eigenvalue weighted by atomic mass is 10.2. The summed E-state index contributed by atoms with van der Waals surface area (Å²) in [5, 5.41) is 3.27. The lowest BCUT2D eigenvalue weighted by Crippen LogP contribution is -2.42. The van der Waals surface area contributed by atoms with E-state index in [1.54, 1.807) is 48.9 Å². The van der Waals surface area contributed by atoms with Crippen LogP contribution in [0.2, 0.25) is 5.02 Å². The molecule has 0 saturated carbocycles. The predicted molar refractivity (Wildman–Crippen MR) is 108 cm³/mol. The predicted octanol–water partition coefficient (Wildman–Crippen LogP) is 3.03. The Bertz CT molecular complexity index is 1100.